The highest BCUT2D eigenvalue weighted by Gasteiger charge is 2.20. The molecule has 7 heteroatoms. The molecular weight excluding hydrogens is 1260 g/mol. The summed E-state index contributed by atoms with van der Waals surface area (Å²) in [5, 5.41) is 29.3. The van der Waals surface area contributed by atoms with Gasteiger partial charge in [0.05, 0.1) is 34.8 Å². The van der Waals surface area contributed by atoms with Gasteiger partial charge in [-0.3, -0.25) is 0 Å². The Labute approximate surface area is 598 Å². The summed E-state index contributed by atoms with van der Waals surface area (Å²) < 4.78 is 4.56. The van der Waals surface area contributed by atoms with Crippen LogP contribution in [0.1, 0.15) is 5.56 Å². The Bertz CT molecular complexity index is 6880. The van der Waals surface area contributed by atoms with Crippen LogP contribution in [0.4, 0.5) is 5.69 Å². The van der Waals surface area contributed by atoms with Gasteiger partial charge in [0.2, 0.25) is 0 Å². The topological polar surface area (TPSA) is 76.7 Å². The Hall–Kier alpha value is -14.4. The fourth-order valence-corrected chi connectivity index (χ4v) is 15.9. The average Bonchev–Trinajstić information content (AvgIpc) is 1.46. The molecule has 104 heavy (non-hydrogen) atoms. The number of rotatable bonds is 9. The van der Waals surface area contributed by atoms with E-state index in [0.717, 1.165) is 93.8 Å². The number of aromatic nitrogens is 5. The van der Waals surface area contributed by atoms with Crippen molar-refractivity contribution in [1.82, 2.24) is 24.1 Å². The molecule has 0 N–H and O–H groups in total. The van der Waals surface area contributed by atoms with Gasteiger partial charge in [-0.1, -0.05) is 243 Å². The first kappa shape index (κ1) is 59.7. The van der Waals surface area contributed by atoms with Crippen LogP contribution in [0.3, 0.4) is 0 Å². The van der Waals surface area contributed by atoms with Crippen molar-refractivity contribution in [3.63, 3.8) is 0 Å². The lowest BCUT2D eigenvalue weighted by atomic mass is 9.90. The van der Waals surface area contributed by atoms with E-state index in [4.69, 9.17) is 21.5 Å². The van der Waals surface area contributed by atoms with Gasteiger partial charge in [-0.15, -0.1) is 0 Å². The fourth-order valence-electron chi connectivity index (χ4n) is 15.9. The minimum Gasteiger partial charge on any atom is -0.310 e. The summed E-state index contributed by atoms with van der Waals surface area (Å²) in [6, 6.07) is 125. The lowest BCUT2D eigenvalue weighted by Gasteiger charge is -2.15. The molecule has 0 radical (unpaired) electrons. The minimum absolute atomic E-state index is 0.648. The Morgan fingerprint density at radius 2 is 0.606 bits per heavy atom. The summed E-state index contributed by atoms with van der Waals surface area (Å²) in [4.78, 5) is 18.6. The molecular formula is C97H57N7. The second kappa shape index (κ2) is 24.2. The molecule has 21 aromatic rings. The predicted octanol–water partition coefficient (Wildman–Crippen LogP) is 25.6. The number of hydrogen-bond acceptors (Lipinski definition) is 4. The number of para-hydroxylation sites is 2. The van der Waals surface area contributed by atoms with Crippen LogP contribution in [-0.4, -0.2) is 24.1 Å². The average molecular weight is 1320 g/mol. The second-order valence-electron chi connectivity index (χ2n) is 26.9. The van der Waals surface area contributed by atoms with Crippen molar-refractivity contribution in [2.45, 2.75) is 0 Å². The number of benzene rings is 18. The molecule has 21 rings (SSSR count). The highest BCUT2D eigenvalue weighted by atomic mass is 15.0. The molecule has 0 aliphatic heterocycles. The molecule has 0 atom stereocenters. The predicted molar refractivity (Wildman–Crippen MR) is 431 cm³/mol. The van der Waals surface area contributed by atoms with E-state index in [2.05, 4.69) is 269 Å². The molecule has 0 spiro atoms. The van der Waals surface area contributed by atoms with E-state index in [-0.39, 0.29) is 0 Å². The van der Waals surface area contributed by atoms with E-state index in [0.29, 0.717) is 28.7 Å². The van der Waals surface area contributed by atoms with Crippen molar-refractivity contribution in [1.29, 1.82) is 5.26 Å². The number of hydrogen-bond donors (Lipinski definition) is 0. The molecule has 3 aromatic heterocycles. The second-order valence-corrected chi connectivity index (χ2v) is 26.9. The highest BCUT2D eigenvalue weighted by molar-refractivity contribution is 6.26. The zero-order valence-electron chi connectivity index (χ0n) is 56.0. The number of nitriles is 1. The Kier molecular flexibility index (Phi) is 13.9. The molecule has 0 aliphatic carbocycles. The third-order valence-corrected chi connectivity index (χ3v) is 20.9. The van der Waals surface area contributed by atoms with E-state index < -0.39 is 0 Å². The molecule has 480 valence electrons. The first-order valence-corrected chi connectivity index (χ1v) is 34.9. The highest BCUT2D eigenvalue weighted by Crippen LogP contribution is 2.44. The van der Waals surface area contributed by atoms with Gasteiger partial charge in [0.25, 0.3) is 0 Å². The van der Waals surface area contributed by atoms with Gasteiger partial charge in [-0.2, -0.15) is 5.26 Å². The molecule has 0 aliphatic rings. The van der Waals surface area contributed by atoms with Crippen molar-refractivity contribution in [2.75, 3.05) is 0 Å². The van der Waals surface area contributed by atoms with Gasteiger partial charge < -0.3 is 9.13 Å². The van der Waals surface area contributed by atoms with Gasteiger partial charge in [-0.25, -0.2) is 19.8 Å². The third-order valence-electron chi connectivity index (χ3n) is 20.9. The van der Waals surface area contributed by atoms with Crippen molar-refractivity contribution in [3.8, 4) is 96.1 Å². The number of nitrogens with zero attached hydrogens (tertiary/aromatic N) is 7. The van der Waals surface area contributed by atoms with Crippen molar-refractivity contribution in [3.05, 3.63) is 363 Å². The quantitative estimate of drug-likeness (QED) is 0.107. The van der Waals surface area contributed by atoms with E-state index in [1.165, 1.54) is 87.1 Å². The van der Waals surface area contributed by atoms with Gasteiger partial charge in [0, 0.05) is 55.1 Å². The SMILES string of the molecule is N#Cc1ccc2c(c1)c1cc(-c3ccc(-c4cc5ccc6cc(-c7nc(-c8ccccc8)nc(-c8ccccc8)n7)cc7ccc(c4)c5c67)cc3)ccc1n2-c1ccccc1.[C-]#[N+]c1ccc2c3ccc(-c4ccc(-c5cc6ccc7cccc8ccc(c5)c6c78)cc4)cc3n(-c3ccccc3)c2c1. The summed E-state index contributed by atoms with van der Waals surface area (Å²) >= 11 is 0. The maximum atomic E-state index is 9.75. The zero-order valence-corrected chi connectivity index (χ0v) is 56.0. The van der Waals surface area contributed by atoms with Crippen molar-refractivity contribution >= 4 is 114 Å². The van der Waals surface area contributed by atoms with Gasteiger partial charge >= 0.3 is 0 Å². The van der Waals surface area contributed by atoms with E-state index in [1.54, 1.807) is 0 Å². The normalized spacial score (nSPS) is 11.6. The fraction of sp³-hybridized carbons (Fsp3) is 0. The van der Waals surface area contributed by atoms with E-state index in [1.807, 2.05) is 97.1 Å². The van der Waals surface area contributed by atoms with Gasteiger partial charge in [-0.05, 0) is 212 Å². The smallest absolute Gasteiger partial charge is 0.189 e. The molecule has 0 fully saturated rings. The molecule has 18 aromatic carbocycles. The van der Waals surface area contributed by atoms with Crippen LogP contribution in [0.15, 0.2) is 346 Å². The van der Waals surface area contributed by atoms with Crippen LogP contribution < -0.4 is 0 Å². The lowest BCUT2D eigenvalue weighted by Crippen LogP contribution is -2.00. The maximum absolute atomic E-state index is 9.75. The molecule has 0 bridgehead atoms. The lowest BCUT2D eigenvalue weighted by molar-refractivity contribution is 1.07. The van der Waals surface area contributed by atoms with Crippen LogP contribution in [-0.2, 0) is 0 Å². The Morgan fingerprint density at radius 1 is 0.250 bits per heavy atom. The summed E-state index contributed by atoms with van der Waals surface area (Å²) in [5.74, 6) is 1.95. The Morgan fingerprint density at radius 3 is 1.08 bits per heavy atom. The molecule has 0 saturated heterocycles. The maximum Gasteiger partial charge on any atom is 0.189 e. The van der Waals surface area contributed by atoms with Crippen LogP contribution in [0.2, 0.25) is 0 Å². The first-order valence-electron chi connectivity index (χ1n) is 34.9. The summed E-state index contributed by atoms with van der Waals surface area (Å²) in [6.07, 6.45) is 0. The van der Waals surface area contributed by atoms with Crippen molar-refractivity contribution < 1.29 is 0 Å². The van der Waals surface area contributed by atoms with Crippen molar-refractivity contribution in [2.24, 2.45) is 0 Å². The van der Waals surface area contributed by atoms with Crippen LogP contribution in [0, 0.1) is 17.9 Å². The standard InChI is InChI=1S/C56H33N5.C41H24N2/c57-34-35-16-26-50-48(28-35)49-33-40(25-27-51(49)61(50)47-14-8-3-9-15-47)36-17-19-37(20-18-36)45-29-41-21-23-43-31-46(32-44-24-22-42(30-45)52(41)53(43)44)56-59-54(38-10-4-1-5-11-38)58-55(60-56)39-12-6-2-7-13-39;1-42-34-19-21-37-36-20-18-30(24-38(36)43(39(37)25-34)35-8-3-2-4-9-35)26-10-12-27(13-11-26)33-22-31-16-14-28-6-5-7-29-15-17-32(23-33)41(31)40(28)29/h1-33H;2-25H. The van der Waals surface area contributed by atoms with Crippen LogP contribution >= 0.6 is 0 Å². The number of fused-ring (bicyclic) bond motifs is 6. The van der Waals surface area contributed by atoms with E-state index in [9.17, 15) is 5.26 Å². The summed E-state index contributed by atoms with van der Waals surface area (Å²) in [6.45, 7) is 7.56. The monoisotopic (exact) mass is 1320 g/mol. The van der Waals surface area contributed by atoms with E-state index >= 15 is 0 Å². The molecule has 7 nitrogen and oxygen atoms in total. The summed E-state index contributed by atoms with van der Waals surface area (Å²) in [7, 11) is 0. The third kappa shape index (κ3) is 10.1. The largest absolute Gasteiger partial charge is 0.310 e. The zero-order chi connectivity index (χ0) is 68.9. The van der Waals surface area contributed by atoms with Gasteiger partial charge in [0.15, 0.2) is 23.2 Å². The molecule has 0 unspecified atom stereocenters. The first-order chi connectivity index (χ1) is 51.4. The Balaban J connectivity index is 0.000000147. The minimum atomic E-state index is 0.648. The van der Waals surface area contributed by atoms with Crippen LogP contribution in [0.25, 0.3) is 203 Å². The molecule has 0 saturated carbocycles. The summed E-state index contributed by atoms with van der Waals surface area (Å²) in [5.41, 5.74) is 20.1. The van der Waals surface area contributed by atoms with Crippen LogP contribution in [0.5, 0.6) is 0 Å². The molecule has 0 amide bonds. The molecule has 3 heterocycles. The van der Waals surface area contributed by atoms with Gasteiger partial charge in [0.1, 0.15) is 0 Å².